The molecule has 2 aliphatic heterocycles. The number of nitrogens with zero attached hydrogens (tertiary/aromatic N) is 4. The number of carbonyl (C=O) groups excluding carboxylic acids is 1. The smallest absolute Gasteiger partial charge is 0.283 e. The SMILES string of the molecule is N=C1/C(=C/c2cn(-c3ccccc3)nc2-c2ccc(Br)cc2)C(=O)N=C2SC=C(c3ccccc3)N12. The first-order valence-electron chi connectivity index (χ1n) is 11.2. The highest BCUT2D eigenvalue weighted by Gasteiger charge is 2.36. The minimum Gasteiger partial charge on any atom is -0.283 e. The molecule has 8 heteroatoms. The second-order valence-corrected chi connectivity index (χ2v) is 9.90. The predicted molar refractivity (Wildman–Crippen MR) is 149 cm³/mol. The number of fused-ring (bicyclic) bond motifs is 1. The molecule has 36 heavy (non-hydrogen) atoms. The molecule has 3 heterocycles. The Bertz CT molecular complexity index is 1590. The first kappa shape index (κ1) is 22.5. The van der Waals surface area contributed by atoms with E-state index in [4.69, 9.17) is 10.5 Å². The number of carbonyl (C=O) groups is 1. The van der Waals surface area contributed by atoms with Gasteiger partial charge in [-0.25, -0.2) is 4.68 Å². The summed E-state index contributed by atoms with van der Waals surface area (Å²) < 4.78 is 2.75. The van der Waals surface area contributed by atoms with E-state index in [0.29, 0.717) is 10.9 Å². The number of amidine groups is 2. The summed E-state index contributed by atoms with van der Waals surface area (Å²) >= 11 is 4.84. The lowest BCUT2D eigenvalue weighted by Gasteiger charge is -2.26. The van der Waals surface area contributed by atoms with E-state index in [2.05, 4.69) is 20.9 Å². The van der Waals surface area contributed by atoms with Gasteiger partial charge in [-0.3, -0.25) is 15.1 Å². The molecule has 174 valence electrons. The van der Waals surface area contributed by atoms with Crippen molar-refractivity contribution in [3.63, 3.8) is 0 Å². The summed E-state index contributed by atoms with van der Waals surface area (Å²) in [6, 6.07) is 27.5. The number of thioether (sulfide) groups is 1. The van der Waals surface area contributed by atoms with Crippen molar-refractivity contribution in [2.45, 2.75) is 0 Å². The fourth-order valence-corrected chi connectivity index (χ4v) is 5.26. The maximum absolute atomic E-state index is 13.1. The van der Waals surface area contributed by atoms with E-state index < -0.39 is 5.91 Å². The van der Waals surface area contributed by atoms with Crippen LogP contribution in [-0.2, 0) is 4.79 Å². The van der Waals surface area contributed by atoms with Crippen molar-refractivity contribution >= 4 is 56.4 Å². The molecule has 3 aromatic carbocycles. The number of hydrogen-bond acceptors (Lipinski definition) is 4. The molecule has 1 aromatic heterocycles. The molecule has 6 nitrogen and oxygen atoms in total. The van der Waals surface area contributed by atoms with Crippen LogP contribution in [0.2, 0.25) is 0 Å². The normalized spacial score (nSPS) is 16.2. The second kappa shape index (κ2) is 9.22. The van der Waals surface area contributed by atoms with E-state index >= 15 is 0 Å². The average Bonchev–Trinajstić information content (AvgIpc) is 3.53. The summed E-state index contributed by atoms with van der Waals surface area (Å²) in [6.45, 7) is 0. The van der Waals surface area contributed by atoms with Gasteiger partial charge in [-0.2, -0.15) is 10.1 Å². The molecule has 0 atom stereocenters. The number of benzene rings is 3. The van der Waals surface area contributed by atoms with Crippen molar-refractivity contribution < 1.29 is 4.79 Å². The van der Waals surface area contributed by atoms with Crippen LogP contribution in [-0.4, -0.2) is 31.6 Å². The number of amides is 1. The van der Waals surface area contributed by atoms with Crippen LogP contribution in [0.5, 0.6) is 0 Å². The molecule has 0 spiro atoms. The molecule has 0 fully saturated rings. The van der Waals surface area contributed by atoms with Crippen molar-refractivity contribution in [3.05, 3.63) is 118 Å². The zero-order valence-electron chi connectivity index (χ0n) is 18.8. The Morgan fingerprint density at radius 3 is 2.31 bits per heavy atom. The summed E-state index contributed by atoms with van der Waals surface area (Å²) in [5, 5.41) is 16.2. The van der Waals surface area contributed by atoms with Crippen LogP contribution in [0.1, 0.15) is 11.1 Å². The van der Waals surface area contributed by atoms with Gasteiger partial charge in [0, 0.05) is 27.2 Å². The predicted octanol–water partition coefficient (Wildman–Crippen LogP) is 6.61. The van der Waals surface area contributed by atoms with Crippen LogP contribution < -0.4 is 0 Å². The standard InChI is InChI=1S/C28H18BrN5OS/c29-21-13-11-19(12-14-21)25-20(16-33(32-25)22-9-5-2-6-10-22)15-23-26(30)34-24(18-7-3-1-4-8-18)17-36-28(34)31-27(23)35/h1-17,30H/b23-15-,30-26?. The number of aliphatic imine (C=N–C) groups is 1. The van der Waals surface area contributed by atoms with Gasteiger partial charge >= 0.3 is 0 Å². The number of rotatable bonds is 4. The first-order valence-corrected chi connectivity index (χ1v) is 12.8. The Morgan fingerprint density at radius 1 is 0.889 bits per heavy atom. The summed E-state index contributed by atoms with van der Waals surface area (Å²) in [7, 11) is 0. The van der Waals surface area contributed by atoms with Gasteiger partial charge in [0.05, 0.1) is 22.7 Å². The summed E-state index contributed by atoms with van der Waals surface area (Å²) in [5.74, 6) is -0.338. The third-order valence-corrected chi connectivity index (χ3v) is 7.22. The van der Waals surface area contributed by atoms with Crippen molar-refractivity contribution in [2.75, 3.05) is 0 Å². The number of halogens is 1. The van der Waals surface area contributed by atoms with E-state index in [1.165, 1.54) is 11.8 Å². The number of nitrogens with one attached hydrogen (secondary N) is 1. The van der Waals surface area contributed by atoms with Gasteiger partial charge in [0.15, 0.2) is 5.17 Å². The molecule has 2 aliphatic rings. The van der Waals surface area contributed by atoms with Gasteiger partial charge in [-0.15, -0.1) is 0 Å². The van der Waals surface area contributed by atoms with Crippen molar-refractivity contribution in [1.82, 2.24) is 14.7 Å². The third kappa shape index (κ3) is 4.04. The molecule has 0 bridgehead atoms. The zero-order valence-corrected chi connectivity index (χ0v) is 21.2. The van der Waals surface area contributed by atoms with Crippen LogP contribution in [0, 0.1) is 5.41 Å². The lowest BCUT2D eigenvalue weighted by atomic mass is 10.0. The maximum atomic E-state index is 13.1. The molecule has 1 N–H and O–H groups in total. The van der Waals surface area contributed by atoms with Gasteiger partial charge in [0.1, 0.15) is 5.84 Å². The minimum absolute atomic E-state index is 0.0966. The Labute approximate surface area is 220 Å². The highest BCUT2D eigenvalue weighted by Crippen LogP contribution is 2.38. The van der Waals surface area contributed by atoms with Gasteiger partial charge in [0.2, 0.25) is 0 Å². The fourth-order valence-electron chi connectivity index (χ4n) is 4.11. The van der Waals surface area contributed by atoms with Gasteiger partial charge in [-0.1, -0.05) is 88.4 Å². The Hall–Kier alpha value is -4.01. The van der Waals surface area contributed by atoms with Crippen molar-refractivity contribution in [3.8, 4) is 16.9 Å². The molecule has 0 saturated heterocycles. The van der Waals surface area contributed by atoms with Crippen molar-refractivity contribution in [2.24, 2.45) is 4.99 Å². The molecule has 0 unspecified atom stereocenters. The Balaban J connectivity index is 1.46. The van der Waals surface area contributed by atoms with Crippen LogP contribution in [0.3, 0.4) is 0 Å². The largest absolute Gasteiger partial charge is 0.283 e. The van der Waals surface area contributed by atoms with E-state index in [-0.39, 0.29) is 11.4 Å². The maximum Gasteiger partial charge on any atom is 0.283 e. The second-order valence-electron chi connectivity index (χ2n) is 8.15. The number of aromatic nitrogens is 2. The fraction of sp³-hybridized carbons (Fsp3) is 0. The Morgan fingerprint density at radius 2 is 1.58 bits per heavy atom. The lowest BCUT2D eigenvalue weighted by molar-refractivity contribution is -0.114. The van der Waals surface area contributed by atoms with Crippen LogP contribution in [0.15, 0.2) is 112 Å². The molecular formula is C28H18BrN5OS. The molecular weight excluding hydrogens is 534 g/mol. The van der Waals surface area contributed by atoms with E-state index in [0.717, 1.165) is 32.5 Å². The molecule has 0 radical (unpaired) electrons. The lowest BCUT2D eigenvalue weighted by Crippen LogP contribution is -2.38. The molecule has 1 amide bonds. The van der Waals surface area contributed by atoms with E-state index in [1.807, 2.05) is 96.5 Å². The minimum atomic E-state index is -0.435. The quantitative estimate of drug-likeness (QED) is 0.290. The van der Waals surface area contributed by atoms with Gasteiger partial charge in [-0.05, 0) is 35.9 Å². The summed E-state index contributed by atoms with van der Waals surface area (Å²) in [4.78, 5) is 19.1. The molecule has 4 aromatic rings. The number of para-hydroxylation sites is 1. The first-order chi connectivity index (χ1) is 17.6. The van der Waals surface area contributed by atoms with Gasteiger partial charge in [0.25, 0.3) is 5.91 Å². The van der Waals surface area contributed by atoms with Crippen LogP contribution in [0.25, 0.3) is 28.7 Å². The number of hydrogen-bond donors (Lipinski definition) is 1. The highest BCUT2D eigenvalue weighted by molar-refractivity contribution is 9.10. The third-order valence-electron chi connectivity index (χ3n) is 5.86. The highest BCUT2D eigenvalue weighted by atomic mass is 79.9. The summed E-state index contributed by atoms with van der Waals surface area (Å²) in [5.41, 5.74) is 5.25. The Kier molecular flexibility index (Phi) is 5.75. The monoisotopic (exact) mass is 551 g/mol. The average molecular weight is 552 g/mol. The van der Waals surface area contributed by atoms with Crippen molar-refractivity contribution in [1.29, 1.82) is 5.41 Å². The van der Waals surface area contributed by atoms with Crippen LogP contribution in [0.4, 0.5) is 0 Å². The van der Waals surface area contributed by atoms with Crippen LogP contribution >= 0.6 is 27.7 Å². The molecule has 0 saturated carbocycles. The summed E-state index contributed by atoms with van der Waals surface area (Å²) in [6.07, 6.45) is 3.60. The van der Waals surface area contributed by atoms with E-state index in [9.17, 15) is 4.79 Å². The molecule has 0 aliphatic carbocycles. The van der Waals surface area contributed by atoms with E-state index in [1.54, 1.807) is 15.7 Å². The molecule has 6 rings (SSSR count). The topological polar surface area (TPSA) is 74.3 Å². The zero-order chi connectivity index (χ0) is 24.6. The van der Waals surface area contributed by atoms with Gasteiger partial charge < -0.3 is 0 Å².